The molecule has 5 heteroatoms. The Kier molecular flexibility index (Phi) is 2.56. The summed E-state index contributed by atoms with van der Waals surface area (Å²) >= 11 is 1.72. The number of aromatic nitrogens is 3. The van der Waals surface area contributed by atoms with Gasteiger partial charge in [-0.1, -0.05) is 0 Å². The van der Waals surface area contributed by atoms with Gasteiger partial charge in [0.05, 0.1) is 23.4 Å². The van der Waals surface area contributed by atoms with Crippen LogP contribution < -0.4 is 5.73 Å². The van der Waals surface area contributed by atoms with Crippen LogP contribution in [0.2, 0.25) is 0 Å². The average molecular weight is 258 g/mol. The molecular weight excluding hydrogens is 244 g/mol. The molecule has 0 aliphatic rings. The monoisotopic (exact) mass is 258 g/mol. The zero-order chi connectivity index (χ0) is 12.7. The quantitative estimate of drug-likeness (QED) is 0.719. The van der Waals surface area contributed by atoms with Gasteiger partial charge in [0.25, 0.3) is 0 Å². The molecule has 18 heavy (non-hydrogen) atoms. The van der Waals surface area contributed by atoms with Gasteiger partial charge in [-0.3, -0.25) is 0 Å². The third-order valence-electron chi connectivity index (χ3n) is 3.01. The molecule has 0 saturated heterocycles. The number of rotatable bonds is 2. The molecule has 0 spiro atoms. The number of nitrogens with two attached hydrogens (primary N) is 1. The standard InChI is InChI=1S/C13H14N4S/c1-8-6-15-13(18-8)9(2)17-7-16-11-5-10(14)3-4-12(11)17/h3-7,9H,14H2,1-2H3. The molecule has 4 nitrogen and oxygen atoms in total. The number of hydrogen-bond donors (Lipinski definition) is 1. The maximum atomic E-state index is 5.76. The van der Waals surface area contributed by atoms with Gasteiger partial charge in [0, 0.05) is 16.8 Å². The summed E-state index contributed by atoms with van der Waals surface area (Å²) in [7, 11) is 0. The number of fused-ring (bicyclic) bond motifs is 1. The topological polar surface area (TPSA) is 56.7 Å². The van der Waals surface area contributed by atoms with Crippen LogP contribution in [-0.4, -0.2) is 14.5 Å². The van der Waals surface area contributed by atoms with Gasteiger partial charge in [-0.05, 0) is 32.0 Å². The first-order chi connectivity index (χ1) is 8.65. The number of benzene rings is 1. The molecule has 2 aromatic heterocycles. The predicted molar refractivity (Wildman–Crippen MR) is 74.8 cm³/mol. The fourth-order valence-electron chi connectivity index (χ4n) is 2.04. The van der Waals surface area contributed by atoms with Crippen LogP contribution >= 0.6 is 11.3 Å². The largest absolute Gasteiger partial charge is 0.399 e. The van der Waals surface area contributed by atoms with Crippen LogP contribution in [0.1, 0.15) is 22.9 Å². The van der Waals surface area contributed by atoms with Gasteiger partial charge in [0.2, 0.25) is 0 Å². The zero-order valence-corrected chi connectivity index (χ0v) is 11.1. The van der Waals surface area contributed by atoms with E-state index in [9.17, 15) is 0 Å². The Balaban J connectivity index is 2.09. The van der Waals surface area contributed by atoms with Crippen molar-refractivity contribution in [1.29, 1.82) is 0 Å². The lowest BCUT2D eigenvalue weighted by molar-refractivity contribution is 0.653. The van der Waals surface area contributed by atoms with E-state index in [0.717, 1.165) is 21.7 Å². The van der Waals surface area contributed by atoms with Crippen LogP contribution in [0.3, 0.4) is 0 Å². The number of imidazole rings is 1. The minimum atomic E-state index is 0.192. The van der Waals surface area contributed by atoms with Crippen molar-refractivity contribution in [1.82, 2.24) is 14.5 Å². The first kappa shape index (κ1) is 11.2. The lowest BCUT2D eigenvalue weighted by Gasteiger charge is -2.11. The second-order valence-electron chi connectivity index (χ2n) is 4.39. The maximum Gasteiger partial charge on any atom is 0.115 e. The van der Waals surface area contributed by atoms with E-state index in [1.807, 2.05) is 30.7 Å². The summed E-state index contributed by atoms with van der Waals surface area (Å²) in [6.07, 6.45) is 3.76. The summed E-state index contributed by atoms with van der Waals surface area (Å²) in [6.45, 7) is 4.20. The summed E-state index contributed by atoms with van der Waals surface area (Å²) in [6, 6.07) is 6.00. The number of nitrogens with zero attached hydrogens (tertiary/aromatic N) is 3. The molecule has 1 unspecified atom stereocenters. The highest BCUT2D eigenvalue weighted by molar-refractivity contribution is 7.11. The lowest BCUT2D eigenvalue weighted by Crippen LogP contribution is -2.04. The SMILES string of the molecule is Cc1cnc(C(C)n2cnc3cc(N)ccc32)s1. The highest BCUT2D eigenvalue weighted by atomic mass is 32.1. The summed E-state index contributed by atoms with van der Waals surface area (Å²) in [4.78, 5) is 10.1. The smallest absolute Gasteiger partial charge is 0.115 e. The minimum absolute atomic E-state index is 0.192. The third-order valence-corrected chi connectivity index (χ3v) is 4.10. The molecule has 0 saturated carbocycles. The fraction of sp³-hybridized carbons (Fsp3) is 0.231. The van der Waals surface area contributed by atoms with Crippen LogP contribution in [0.25, 0.3) is 11.0 Å². The first-order valence-electron chi connectivity index (χ1n) is 5.79. The van der Waals surface area contributed by atoms with Crippen LogP contribution in [0, 0.1) is 6.92 Å². The number of aryl methyl sites for hydroxylation is 1. The van der Waals surface area contributed by atoms with Gasteiger partial charge in [-0.25, -0.2) is 9.97 Å². The van der Waals surface area contributed by atoms with Crippen LogP contribution in [0.5, 0.6) is 0 Å². The summed E-state index contributed by atoms with van der Waals surface area (Å²) in [5, 5.41) is 1.10. The molecule has 3 rings (SSSR count). The Morgan fingerprint density at radius 1 is 1.33 bits per heavy atom. The Bertz CT molecular complexity index is 698. The van der Waals surface area contributed by atoms with Crippen LogP contribution in [-0.2, 0) is 0 Å². The van der Waals surface area contributed by atoms with Gasteiger partial charge in [0.15, 0.2) is 0 Å². The molecule has 0 fully saturated rings. The Morgan fingerprint density at radius 2 is 2.17 bits per heavy atom. The predicted octanol–water partition coefficient (Wildman–Crippen LogP) is 2.99. The molecule has 2 heterocycles. The highest BCUT2D eigenvalue weighted by Crippen LogP contribution is 2.26. The van der Waals surface area contributed by atoms with Crippen molar-refractivity contribution in [3.8, 4) is 0 Å². The summed E-state index contributed by atoms with van der Waals surface area (Å²) in [5.41, 5.74) is 8.52. The van der Waals surface area contributed by atoms with Crippen LogP contribution in [0.4, 0.5) is 5.69 Å². The zero-order valence-electron chi connectivity index (χ0n) is 10.3. The van der Waals surface area contributed by atoms with Gasteiger partial charge in [-0.15, -0.1) is 11.3 Å². The highest BCUT2D eigenvalue weighted by Gasteiger charge is 2.14. The van der Waals surface area contributed by atoms with Crippen molar-refractivity contribution in [2.45, 2.75) is 19.9 Å². The average Bonchev–Trinajstić information content (AvgIpc) is 2.94. The molecule has 0 aliphatic carbocycles. The Morgan fingerprint density at radius 3 is 2.89 bits per heavy atom. The fourth-order valence-corrected chi connectivity index (χ4v) is 2.87. The van der Waals surface area contributed by atoms with Gasteiger partial charge < -0.3 is 10.3 Å². The maximum absolute atomic E-state index is 5.76. The Labute approximate surface area is 109 Å². The molecule has 92 valence electrons. The Hall–Kier alpha value is -1.88. The minimum Gasteiger partial charge on any atom is -0.399 e. The normalized spacial score (nSPS) is 13.0. The molecule has 3 aromatic rings. The van der Waals surface area contributed by atoms with E-state index in [2.05, 4.69) is 28.4 Å². The second kappa shape index (κ2) is 4.10. The van der Waals surface area contributed by atoms with Gasteiger partial charge >= 0.3 is 0 Å². The second-order valence-corrected chi connectivity index (χ2v) is 5.65. The number of thiazole rings is 1. The van der Waals surface area contributed by atoms with E-state index in [-0.39, 0.29) is 6.04 Å². The molecule has 0 radical (unpaired) electrons. The number of nitrogen functional groups attached to an aromatic ring is 1. The van der Waals surface area contributed by atoms with E-state index in [1.54, 1.807) is 11.3 Å². The lowest BCUT2D eigenvalue weighted by atomic mass is 10.2. The first-order valence-corrected chi connectivity index (χ1v) is 6.61. The van der Waals surface area contributed by atoms with Gasteiger partial charge in [0.1, 0.15) is 5.01 Å². The molecule has 0 bridgehead atoms. The van der Waals surface area contributed by atoms with Crippen molar-refractivity contribution < 1.29 is 0 Å². The van der Waals surface area contributed by atoms with E-state index in [4.69, 9.17) is 5.73 Å². The molecule has 1 aromatic carbocycles. The van der Waals surface area contributed by atoms with Crippen molar-refractivity contribution in [2.75, 3.05) is 5.73 Å². The van der Waals surface area contributed by atoms with E-state index >= 15 is 0 Å². The molecule has 2 N–H and O–H groups in total. The summed E-state index contributed by atoms with van der Waals surface area (Å²) in [5.74, 6) is 0. The molecule has 1 atom stereocenters. The van der Waals surface area contributed by atoms with Crippen molar-refractivity contribution >= 4 is 28.1 Å². The molecule has 0 amide bonds. The van der Waals surface area contributed by atoms with E-state index < -0.39 is 0 Å². The number of anilines is 1. The number of hydrogen-bond acceptors (Lipinski definition) is 4. The van der Waals surface area contributed by atoms with Crippen molar-refractivity contribution in [3.63, 3.8) is 0 Å². The van der Waals surface area contributed by atoms with Crippen molar-refractivity contribution in [2.24, 2.45) is 0 Å². The molecular formula is C13H14N4S. The van der Waals surface area contributed by atoms with Crippen LogP contribution in [0.15, 0.2) is 30.7 Å². The summed E-state index contributed by atoms with van der Waals surface area (Å²) < 4.78 is 2.13. The van der Waals surface area contributed by atoms with E-state index in [1.165, 1.54) is 4.88 Å². The van der Waals surface area contributed by atoms with Gasteiger partial charge in [-0.2, -0.15) is 0 Å². The van der Waals surface area contributed by atoms with Crippen molar-refractivity contribution in [3.05, 3.63) is 40.6 Å². The third kappa shape index (κ3) is 1.76. The molecule has 0 aliphatic heterocycles. The van der Waals surface area contributed by atoms with E-state index in [0.29, 0.717) is 0 Å².